The van der Waals surface area contributed by atoms with Gasteiger partial charge in [-0.2, -0.15) is 0 Å². The van der Waals surface area contributed by atoms with E-state index in [0.29, 0.717) is 17.9 Å². The van der Waals surface area contributed by atoms with Crippen molar-refractivity contribution in [3.05, 3.63) is 16.9 Å². The number of amides is 3. The van der Waals surface area contributed by atoms with Gasteiger partial charge in [0.1, 0.15) is 18.6 Å². The van der Waals surface area contributed by atoms with E-state index in [1.54, 1.807) is 6.92 Å². The number of hydrogen-bond donors (Lipinski definition) is 4. The molecule has 1 aromatic heterocycles. The van der Waals surface area contributed by atoms with Crippen LogP contribution in [0.2, 0.25) is 0 Å². The molecule has 4 fully saturated rings. The Kier molecular flexibility index (Phi) is 7.53. The van der Waals surface area contributed by atoms with Crippen LogP contribution < -0.4 is 16.0 Å². The number of tetrazole rings is 1. The van der Waals surface area contributed by atoms with Gasteiger partial charge in [-0.3, -0.25) is 14.4 Å². The summed E-state index contributed by atoms with van der Waals surface area (Å²) in [5.74, 6) is -2.36. The molecular weight excluding hydrogens is 550 g/mol. The zero-order chi connectivity index (χ0) is 28.9. The maximum Gasteiger partial charge on any atom is 0.353 e. The van der Waals surface area contributed by atoms with E-state index in [-0.39, 0.29) is 58.8 Å². The molecule has 3 amide bonds. The summed E-state index contributed by atoms with van der Waals surface area (Å²) in [5.41, 5.74) is -0.00196. The van der Waals surface area contributed by atoms with Gasteiger partial charge in [-0.05, 0) is 62.5 Å². The summed E-state index contributed by atoms with van der Waals surface area (Å²) >= 11 is 1.48. The maximum absolute atomic E-state index is 13.6. The number of carboxylic acid groups (broad SMARTS) is 1. The lowest BCUT2D eigenvalue weighted by molar-refractivity contribution is -0.158. The third kappa shape index (κ3) is 4.91. The van der Waals surface area contributed by atoms with E-state index in [2.05, 4.69) is 36.4 Å². The highest BCUT2D eigenvalue weighted by Gasteiger charge is 2.60. The smallest absolute Gasteiger partial charge is 0.353 e. The van der Waals surface area contributed by atoms with Gasteiger partial charge in [0.2, 0.25) is 17.7 Å². The average molecular weight is 588 g/mol. The number of thioether (sulfide) groups is 1. The normalized spacial score (nSPS) is 31.4. The van der Waals surface area contributed by atoms with Gasteiger partial charge >= 0.3 is 5.97 Å². The topological polar surface area (TPSA) is 175 Å². The first-order valence-electron chi connectivity index (χ1n) is 14.4. The Balaban J connectivity index is 1.10. The van der Waals surface area contributed by atoms with Crippen molar-refractivity contribution >= 4 is 35.5 Å². The first-order valence-corrected chi connectivity index (χ1v) is 15.3. The highest BCUT2D eigenvalue weighted by Crippen LogP contribution is 2.52. The first-order chi connectivity index (χ1) is 19.7. The molecule has 6 heterocycles. The van der Waals surface area contributed by atoms with Gasteiger partial charge < -0.3 is 30.9 Å². The van der Waals surface area contributed by atoms with Gasteiger partial charge in [-0.15, -0.1) is 16.9 Å². The average Bonchev–Trinajstić information content (AvgIpc) is 3.73. The van der Waals surface area contributed by atoms with Crippen molar-refractivity contribution in [2.24, 2.45) is 11.8 Å². The molecule has 1 aromatic rings. The van der Waals surface area contributed by atoms with E-state index in [1.165, 1.54) is 27.7 Å². The van der Waals surface area contributed by atoms with E-state index in [4.69, 9.17) is 0 Å². The molecule has 222 valence electrons. The third-order valence-electron chi connectivity index (χ3n) is 9.49. The van der Waals surface area contributed by atoms with Crippen molar-refractivity contribution in [3.8, 4) is 0 Å². The van der Waals surface area contributed by atoms with Crippen LogP contribution in [0.4, 0.5) is 0 Å². The van der Waals surface area contributed by atoms with Crippen LogP contribution in [0.15, 0.2) is 16.9 Å². The fourth-order valence-electron chi connectivity index (χ4n) is 7.53. The Labute approximate surface area is 242 Å². The van der Waals surface area contributed by atoms with Crippen LogP contribution in [-0.4, -0.2) is 114 Å². The van der Waals surface area contributed by atoms with Crippen LogP contribution in [0.1, 0.15) is 46.0 Å². The molecule has 0 bridgehead atoms. The molecule has 0 unspecified atom stereocenters. The predicted molar refractivity (Wildman–Crippen MR) is 147 cm³/mol. The van der Waals surface area contributed by atoms with E-state index in [9.17, 15) is 24.3 Å². The monoisotopic (exact) mass is 587 g/mol. The predicted octanol–water partition coefficient (Wildman–Crippen LogP) is -0.841. The number of rotatable bonds is 8. The number of nitrogens with zero attached hydrogens (tertiary/aromatic N) is 6. The lowest BCUT2D eigenvalue weighted by Gasteiger charge is -2.47. The summed E-state index contributed by atoms with van der Waals surface area (Å²) in [6.07, 6.45) is 6.01. The van der Waals surface area contributed by atoms with E-state index >= 15 is 0 Å². The molecule has 6 rings (SSSR count). The Morgan fingerprint density at radius 2 is 2.05 bits per heavy atom. The van der Waals surface area contributed by atoms with Crippen molar-refractivity contribution in [2.75, 3.05) is 26.2 Å². The van der Waals surface area contributed by atoms with Crippen molar-refractivity contribution in [1.29, 1.82) is 0 Å². The van der Waals surface area contributed by atoms with Gasteiger partial charge in [0.05, 0.1) is 18.0 Å². The number of aliphatic carboxylic acids is 1. The molecule has 4 N–H and O–H groups in total. The van der Waals surface area contributed by atoms with Crippen molar-refractivity contribution in [1.82, 2.24) is 46.0 Å². The largest absolute Gasteiger partial charge is 0.477 e. The molecule has 14 nitrogen and oxygen atoms in total. The number of carboxylic acids is 1. The molecule has 0 radical (unpaired) electrons. The van der Waals surface area contributed by atoms with Crippen molar-refractivity contribution < 1.29 is 24.3 Å². The number of likely N-dealkylation sites (tertiary alicyclic amines) is 1. The molecule has 0 saturated carbocycles. The summed E-state index contributed by atoms with van der Waals surface area (Å²) < 4.78 is 1.29. The summed E-state index contributed by atoms with van der Waals surface area (Å²) in [6.45, 7) is 6.89. The van der Waals surface area contributed by atoms with Gasteiger partial charge in [-0.1, -0.05) is 6.92 Å². The number of hydrogen-bond acceptors (Lipinski definition) is 10. The Bertz CT molecular complexity index is 1250. The molecule has 0 aromatic carbocycles. The number of carbonyl (C=O) groups is 4. The van der Waals surface area contributed by atoms with Crippen LogP contribution in [0.5, 0.6) is 0 Å². The Morgan fingerprint density at radius 3 is 2.76 bits per heavy atom. The number of β-lactam (4-membered cyclic amide) rings is 1. The third-order valence-corrected chi connectivity index (χ3v) is 11.0. The molecule has 0 aliphatic carbocycles. The van der Waals surface area contributed by atoms with Crippen LogP contribution in [0.3, 0.4) is 0 Å². The number of aromatic nitrogens is 4. The SMILES string of the molecule is C[C@@H](NC(=O)Cn1cnnn1)[C@H]1C(=O)N2C(C(=O)O)=C(S[C@@H]3CN[C@H](C(=O)N4CCCC45CCNCC5)C3)[C@H](C)[C@H]12. The molecular formula is C26H37N9O5S. The van der Waals surface area contributed by atoms with E-state index < -0.39 is 17.9 Å². The molecule has 41 heavy (non-hydrogen) atoms. The zero-order valence-corrected chi connectivity index (χ0v) is 24.1. The standard InChI is InChI=1S/C26H37N9O5S/c1-14-20-19(15(2)30-18(36)12-33-13-29-31-32-33)24(38)35(20)21(25(39)40)22(14)41-16-10-17(28-11-16)23(37)34-9-3-4-26(34)5-7-27-8-6-26/h13-17,19-20,27-28H,3-12H2,1-2H3,(H,30,36)(H,39,40)/t14-,15-,16+,17+,19-,20-/m1/s1. The van der Waals surface area contributed by atoms with E-state index in [0.717, 1.165) is 45.3 Å². The number of nitrogens with one attached hydrogen (secondary N) is 3. The number of fused-ring (bicyclic) bond motifs is 1. The molecule has 5 aliphatic heterocycles. The van der Waals surface area contributed by atoms with E-state index in [1.807, 2.05) is 6.92 Å². The second-order valence-electron chi connectivity index (χ2n) is 11.9. The number of carbonyl (C=O) groups excluding carboxylic acids is 3. The minimum atomic E-state index is -1.13. The molecule has 5 aliphatic rings. The van der Waals surface area contributed by atoms with Gasteiger partial charge in [0, 0.05) is 40.7 Å². The van der Waals surface area contributed by atoms with Crippen LogP contribution in [0, 0.1) is 11.8 Å². The quantitative estimate of drug-likeness (QED) is 0.279. The Hall–Kier alpha value is -3.04. The highest BCUT2D eigenvalue weighted by molar-refractivity contribution is 8.03. The Morgan fingerprint density at radius 1 is 1.27 bits per heavy atom. The fourth-order valence-corrected chi connectivity index (χ4v) is 9.01. The second kappa shape index (κ2) is 11.0. The maximum atomic E-state index is 13.6. The summed E-state index contributed by atoms with van der Waals surface area (Å²) in [4.78, 5) is 55.9. The first kappa shape index (κ1) is 28.1. The molecule has 4 saturated heterocycles. The summed E-state index contributed by atoms with van der Waals surface area (Å²) in [6, 6.07) is -1.13. The molecule has 6 atom stereocenters. The van der Waals surface area contributed by atoms with Crippen molar-refractivity contribution in [2.45, 2.75) is 81.4 Å². The van der Waals surface area contributed by atoms with Crippen LogP contribution >= 0.6 is 11.8 Å². The number of piperidine rings is 1. The van der Waals surface area contributed by atoms with Gasteiger partial charge in [0.15, 0.2) is 0 Å². The lowest BCUT2D eigenvalue weighted by atomic mass is 9.78. The second-order valence-corrected chi connectivity index (χ2v) is 13.2. The van der Waals surface area contributed by atoms with Gasteiger partial charge in [-0.25, -0.2) is 9.48 Å². The lowest BCUT2D eigenvalue weighted by Crippen LogP contribution is -2.66. The van der Waals surface area contributed by atoms with Crippen LogP contribution in [-0.2, 0) is 25.7 Å². The highest BCUT2D eigenvalue weighted by atomic mass is 32.2. The minimum absolute atomic E-state index is 0.0167. The summed E-state index contributed by atoms with van der Waals surface area (Å²) in [5, 5.41) is 30.5. The van der Waals surface area contributed by atoms with Gasteiger partial charge in [0.25, 0.3) is 0 Å². The fraction of sp³-hybridized carbons (Fsp3) is 0.731. The van der Waals surface area contributed by atoms with Crippen molar-refractivity contribution in [3.63, 3.8) is 0 Å². The molecule has 1 spiro atoms. The zero-order valence-electron chi connectivity index (χ0n) is 23.3. The summed E-state index contributed by atoms with van der Waals surface area (Å²) in [7, 11) is 0. The molecule has 15 heteroatoms. The van der Waals surface area contributed by atoms with Crippen LogP contribution in [0.25, 0.3) is 0 Å². The minimum Gasteiger partial charge on any atom is -0.477 e.